The first-order valence-corrected chi connectivity index (χ1v) is 7.91. The summed E-state index contributed by atoms with van der Waals surface area (Å²) in [7, 11) is 0. The van der Waals surface area contributed by atoms with Crippen molar-refractivity contribution in [2.75, 3.05) is 19.7 Å². The van der Waals surface area contributed by atoms with Crippen LogP contribution in [0.25, 0.3) is 0 Å². The van der Waals surface area contributed by atoms with Crippen molar-refractivity contribution in [1.29, 1.82) is 0 Å². The van der Waals surface area contributed by atoms with Gasteiger partial charge in [-0.3, -0.25) is 0 Å². The van der Waals surface area contributed by atoms with Gasteiger partial charge < -0.3 is 10.1 Å². The first-order valence-electron chi connectivity index (χ1n) is 7.15. The van der Waals surface area contributed by atoms with Crippen LogP contribution in [0.5, 0.6) is 5.75 Å². The normalized spacial score (nSPS) is 19.8. The molecular weight excluding hydrogens is 319 g/mol. The van der Waals surface area contributed by atoms with Crippen LogP contribution in [0.1, 0.15) is 26.2 Å². The maximum absolute atomic E-state index is 13.4. The van der Waals surface area contributed by atoms with Crippen LogP contribution in [0.3, 0.4) is 0 Å². The predicted octanol–water partition coefficient (Wildman–Crippen LogP) is 4.68. The first-order chi connectivity index (χ1) is 9.99. The van der Waals surface area contributed by atoms with Crippen molar-refractivity contribution >= 4 is 23.2 Å². The molecular formula is C15H19Cl2F2NO. The molecule has 1 fully saturated rings. The van der Waals surface area contributed by atoms with E-state index >= 15 is 0 Å². The zero-order valence-electron chi connectivity index (χ0n) is 11.9. The minimum absolute atomic E-state index is 0.106. The third-order valence-electron chi connectivity index (χ3n) is 3.81. The molecule has 2 nitrogen and oxygen atoms in total. The van der Waals surface area contributed by atoms with Gasteiger partial charge in [-0.2, -0.15) is 0 Å². The molecule has 2 rings (SSSR count). The van der Waals surface area contributed by atoms with Crippen LogP contribution in [0.15, 0.2) is 6.07 Å². The Balaban J connectivity index is 1.87. The molecule has 1 heterocycles. The van der Waals surface area contributed by atoms with Crippen LogP contribution in [0.2, 0.25) is 10.0 Å². The average molecular weight is 338 g/mol. The Bertz CT molecular complexity index is 467. The van der Waals surface area contributed by atoms with Crippen LogP contribution >= 0.6 is 23.2 Å². The Labute approximate surface area is 133 Å². The van der Waals surface area contributed by atoms with Gasteiger partial charge in [0.1, 0.15) is 21.7 Å². The van der Waals surface area contributed by atoms with E-state index in [0.717, 1.165) is 25.9 Å². The van der Waals surface area contributed by atoms with Gasteiger partial charge in [-0.25, -0.2) is 8.78 Å². The second kappa shape index (κ2) is 7.61. The van der Waals surface area contributed by atoms with Crippen molar-refractivity contribution in [3.05, 3.63) is 27.7 Å². The molecule has 118 valence electrons. The monoisotopic (exact) mass is 337 g/mol. The van der Waals surface area contributed by atoms with E-state index in [2.05, 4.69) is 5.32 Å². The fraction of sp³-hybridized carbons (Fsp3) is 0.600. The number of ether oxygens (including phenoxy) is 1. The Kier molecular flexibility index (Phi) is 6.08. The highest BCUT2D eigenvalue weighted by Crippen LogP contribution is 2.37. The summed E-state index contributed by atoms with van der Waals surface area (Å²) in [5.41, 5.74) is 0. The molecule has 0 spiro atoms. The number of benzene rings is 1. The molecule has 2 atom stereocenters. The van der Waals surface area contributed by atoms with E-state index in [1.165, 1.54) is 6.42 Å². The molecule has 0 aromatic heterocycles. The van der Waals surface area contributed by atoms with Gasteiger partial charge in [0.05, 0.1) is 6.61 Å². The average Bonchev–Trinajstić information content (AvgIpc) is 2.96. The van der Waals surface area contributed by atoms with E-state index in [9.17, 15) is 8.78 Å². The van der Waals surface area contributed by atoms with E-state index in [-0.39, 0.29) is 21.7 Å². The molecule has 1 N–H and O–H groups in total. The van der Waals surface area contributed by atoms with Gasteiger partial charge in [0.25, 0.3) is 0 Å². The van der Waals surface area contributed by atoms with Crippen LogP contribution < -0.4 is 10.1 Å². The van der Waals surface area contributed by atoms with E-state index < -0.39 is 11.6 Å². The third kappa shape index (κ3) is 4.44. The number of hydrogen-bond donors (Lipinski definition) is 1. The predicted molar refractivity (Wildman–Crippen MR) is 81.2 cm³/mol. The van der Waals surface area contributed by atoms with Crippen molar-refractivity contribution in [2.45, 2.75) is 26.2 Å². The minimum atomic E-state index is -0.863. The molecule has 21 heavy (non-hydrogen) atoms. The highest BCUT2D eigenvalue weighted by molar-refractivity contribution is 6.37. The second-order valence-electron chi connectivity index (χ2n) is 5.65. The molecule has 1 aliphatic rings. The third-order valence-corrected chi connectivity index (χ3v) is 4.52. The van der Waals surface area contributed by atoms with Crippen LogP contribution in [0, 0.1) is 23.5 Å². The summed E-state index contributed by atoms with van der Waals surface area (Å²) in [5, 5.41) is 2.79. The maximum atomic E-state index is 13.4. The van der Waals surface area contributed by atoms with Crippen molar-refractivity contribution in [3.63, 3.8) is 0 Å². The quantitative estimate of drug-likeness (QED) is 0.761. The summed E-state index contributed by atoms with van der Waals surface area (Å²) in [6.45, 7) is 4.53. The van der Waals surface area contributed by atoms with Gasteiger partial charge in [-0.1, -0.05) is 30.1 Å². The van der Waals surface area contributed by atoms with E-state index in [4.69, 9.17) is 27.9 Å². The van der Waals surface area contributed by atoms with Crippen LogP contribution in [-0.2, 0) is 0 Å². The first kappa shape index (κ1) is 16.8. The summed E-state index contributed by atoms with van der Waals surface area (Å²) in [6, 6.07) is 0.661. The van der Waals surface area contributed by atoms with Crippen LogP contribution in [-0.4, -0.2) is 19.7 Å². The lowest BCUT2D eigenvalue weighted by Gasteiger charge is -2.17. The number of hydrogen-bond acceptors (Lipinski definition) is 2. The molecule has 0 saturated carbocycles. The molecule has 0 amide bonds. The standard InChI is InChI=1S/C15H19Cl2F2NO/c1-9(2-3-10-4-5-20-7-10)8-21-15-13(16)11(18)6-12(19)14(15)17/h6,9-10,20H,2-5,7-8H2,1H3. The number of nitrogens with one attached hydrogen (secondary N) is 1. The molecule has 1 aromatic rings. The molecule has 2 unspecified atom stereocenters. The lowest BCUT2D eigenvalue weighted by atomic mass is 9.97. The fourth-order valence-corrected chi connectivity index (χ4v) is 2.92. The molecule has 1 aromatic carbocycles. The van der Waals surface area contributed by atoms with Crippen LogP contribution in [0.4, 0.5) is 8.78 Å². The molecule has 1 aliphatic heterocycles. The second-order valence-corrected chi connectivity index (χ2v) is 6.41. The van der Waals surface area contributed by atoms with Gasteiger partial charge in [-0.15, -0.1) is 0 Å². The summed E-state index contributed by atoms with van der Waals surface area (Å²) in [4.78, 5) is 0. The summed E-state index contributed by atoms with van der Waals surface area (Å²) < 4.78 is 32.2. The fourth-order valence-electron chi connectivity index (χ4n) is 2.47. The molecule has 0 bridgehead atoms. The molecule has 6 heteroatoms. The van der Waals surface area contributed by atoms with Crippen molar-refractivity contribution in [3.8, 4) is 5.75 Å². The maximum Gasteiger partial charge on any atom is 0.162 e. The van der Waals surface area contributed by atoms with Gasteiger partial charge in [0.15, 0.2) is 5.75 Å². The van der Waals surface area contributed by atoms with E-state index in [1.807, 2.05) is 6.92 Å². The summed E-state index contributed by atoms with van der Waals surface area (Å²) >= 11 is 11.6. The number of rotatable bonds is 6. The van der Waals surface area contributed by atoms with Crippen molar-refractivity contribution in [2.24, 2.45) is 11.8 Å². The Morgan fingerprint density at radius 1 is 1.33 bits per heavy atom. The van der Waals surface area contributed by atoms with Crippen molar-refractivity contribution in [1.82, 2.24) is 5.32 Å². The molecule has 0 radical (unpaired) electrons. The van der Waals surface area contributed by atoms with Gasteiger partial charge in [-0.05, 0) is 44.2 Å². The Hall–Kier alpha value is -0.580. The Morgan fingerprint density at radius 3 is 2.57 bits per heavy atom. The molecule has 0 aliphatic carbocycles. The van der Waals surface area contributed by atoms with Crippen molar-refractivity contribution < 1.29 is 13.5 Å². The SMILES string of the molecule is CC(CCC1CCNC1)COc1c(Cl)c(F)cc(F)c1Cl. The lowest BCUT2D eigenvalue weighted by molar-refractivity contribution is 0.242. The minimum Gasteiger partial charge on any atom is -0.490 e. The lowest BCUT2D eigenvalue weighted by Crippen LogP contribution is -2.13. The highest BCUT2D eigenvalue weighted by Gasteiger charge is 2.19. The zero-order valence-corrected chi connectivity index (χ0v) is 13.4. The topological polar surface area (TPSA) is 21.3 Å². The van der Waals surface area contributed by atoms with E-state index in [1.54, 1.807) is 0 Å². The van der Waals surface area contributed by atoms with E-state index in [0.29, 0.717) is 18.6 Å². The van der Waals surface area contributed by atoms with Gasteiger partial charge >= 0.3 is 0 Å². The highest BCUT2D eigenvalue weighted by atomic mass is 35.5. The summed E-state index contributed by atoms with van der Waals surface area (Å²) in [5.74, 6) is -0.850. The van der Waals surface area contributed by atoms with Gasteiger partial charge in [0, 0.05) is 6.07 Å². The molecule has 1 saturated heterocycles. The Morgan fingerprint density at radius 2 is 2.00 bits per heavy atom. The van der Waals surface area contributed by atoms with Gasteiger partial charge in [0.2, 0.25) is 0 Å². The smallest absolute Gasteiger partial charge is 0.162 e. The largest absolute Gasteiger partial charge is 0.490 e. The zero-order chi connectivity index (χ0) is 15.4. The summed E-state index contributed by atoms with van der Waals surface area (Å²) in [6.07, 6.45) is 3.33. The number of halogens is 4.